The molecule has 3 rings (SSSR count). The maximum Gasteiger partial charge on any atom is 0.228 e. The smallest absolute Gasteiger partial charge is 0.228 e. The van der Waals surface area contributed by atoms with E-state index in [-0.39, 0.29) is 0 Å². The summed E-state index contributed by atoms with van der Waals surface area (Å²) in [5.74, 6) is 0.695. The Morgan fingerprint density at radius 3 is 2.57 bits per heavy atom. The molecule has 0 bridgehead atoms. The van der Waals surface area contributed by atoms with E-state index in [1.54, 1.807) is 0 Å². The van der Waals surface area contributed by atoms with Crippen LogP contribution in [-0.4, -0.2) is 51.0 Å². The number of anilines is 1. The molecule has 116 valence electrons. The highest BCUT2D eigenvalue weighted by atomic mass is 19.1. The first-order valence-electron chi connectivity index (χ1n) is 7.86. The summed E-state index contributed by atoms with van der Waals surface area (Å²) in [6.07, 6.45) is 2.48. The van der Waals surface area contributed by atoms with Crippen LogP contribution in [0.3, 0.4) is 0 Å². The van der Waals surface area contributed by atoms with Crippen molar-refractivity contribution in [1.29, 1.82) is 0 Å². The second-order valence-corrected chi connectivity index (χ2v) is 5.77. The van der Waals surface area contributed by atoms with Gasteiger partial charge in [0.15, 0.2) is 0 Å². The fourth-order valence-corrected chi connectivity index (χ4v) is 3.15. The predicted molar refractivity (Wildman–Crippen MR) is 82.6 cm³/mol. The Morgan fingerprint density at radius 2 is 1.86 bits per heavy atom. The fourth-order valence-electron chi connectivity index (χ4n) is 3.15. The molecule has 1 N–H and O–H groups in total. The third-order valence-electron chi connectivity index (χ3n) is 4.34. The average Bonchev–Trinajstić information content (AvgIpc) is 3.05. The summed E-state index contributed by atoms with van der Waals surface area (Å²) in [6.45, 7) is 6.34. The zero-order valence-corrected chi connectivity index (χ0v) is 12.5. The minimum Gasteiger partial charge on any atom is -0.463 e. The first-order chi connectivity index (χ1) is 10.4. The Balaban J connectivity index is 1.74. The Morgan fingerprint density at radius 1 is 1.10 bits per heavy atom. The van der Waals surface area contributed by atoms with Gasteiger partial charge in [0, 0.05) is 63.1 Å². The number of rotatable bonds is 5. The van der Waals surface area contributed by atoms with Crippen molar-refractivity contribution in [3.63, 3.8) is 0 Å². The van der Waals surface area contributed by atoms with Gasteiger partial charge in [0.05, 0.1) is 0 Å². The van der Waals surface area contributed by atoms with Gasteiger partial charge < -0.3 is 15.0 Å². The van der Waals surface area contributed by atoms with Crippen LogP contribution < -0.4 is 15.0 Å². The lowest BCUT2D eigenvalue weighted by molar-refractivity contribution is 0.183. The number of piperazine rings is 1. The number of alkyl halides is 1. The standard InChI is InChI=1S/C16H24FN3O/c17-13-21-16-11-15(20-7-1-2-8-20)4-3-14(16)12-19-9-5-18-6-10-19/h3-4,11,18H,1-2,5-10,12-13H2. The number of benzene rings is 1. The largest absolute Gasteiger partial charge is 0.463 e. The molecule has 2 aliphatic rings. The highest BCUT2D eigenvalue weighted by molar-refractivity contribution is 5.54. The molecule has 0 atom stereocenters. The van der Waals surface area contributed by atoms with Crippen molar-refractivity contribution in [3.05, 3.63) is 23.8 Å². The quantitative estimate of drug-likeness (QED) is 0.898. The minimum absolute atomic E-state index is 0.695. The van der Waals surface area contributed by atoms with Gasteiger partial charge in [-0.15, -0.1) is 0 Å². The molecule has 2 fully saturated rings. The Hall–Kier alpha value is -1.33. The maximum absolute atomic E-state index is 12.7. The van der Waals surface area contributed by atoms with Gasteiger partial charge in [0.2, 0.25) is 6.86 Å². The number of hydrogen-bond acceptors (Lipinski definition) is 4. The molecule has 0 radical (unpaired) electrons. The highest BCUT2D eigenvalue weighted by Crippen LogP contribution is 2.29. The third-order valence-corrected chi connectivity index (χ3v) is 4.34. The van der Waals surface area contributed by atoms with Crippen LogP contribution in [0.15, 0.2) is 18.2 Å². The highest BCUT2D eigenvalue weighted by Gasteiger charge is 2.17. The lowest BCUT2D eigenvalue weighted by atomic mass is 10.1. The van der Waals surface area contributed by atoms with Crippen molar-refractivity contribution < 1.29 is 9.13 Å². The van der Waals surface area contributed by atoms with Gasteiger partial charge in [0.1, 0.15) is 5.75 Å². The van der Waals surface area contributed by atoms with Crippen LogP contribution in [0.1, 0.15) is 18.4 Å². The molecular formula is C16H24FN3O. The van der Waals surface area contributed by atoms with Gasteiger partial charge in [-0.2, -0.15) is 0 Å². The zero-order valence-electron chi connectivity index (χ0n) is 12.5. The number of hydrogen-bond donors (Lipinski definition) is 1. The van der Waals surface area contributed by atoms with E-state index in [1.165, 1.54) is 12.8 Å². The molecule has 0 amide bonds. The lowest BCUT2D eigenvalue weighted by Crippen LogP contribution is -2.42. The molecule has 0 aromatic heterocycles. The van der Waals surface area contributed by atoms with E-state index >= 15 is 0 Å². The Kier molecular flexibility index (Phi) is 4.93. The van der Waals surface area contributed by atoms with Crippen LogP contribution in [0.2, 0.25) is 0 Å². The van der Waals surface area contributed by atoms with Crippen LogP contribution in [0, 0.1) is 0 Å². The predicted octanol–water partition coefficient (Wildman–Crippen LogP) is 2.00. The second kappa shape index (κ2) is 7.09. The molecule has 2 saturated heterocycles. The van der Waals surface area contributed by atoms with E-state index in [2.05, 4.69) is 27.2 Å². The van der Waals surface area contributed by atoms with Crippen molar-refractivity contribution >= 4 is 5.69 Å². The van der Waals surface area contributed by atoms with Gasteiger partial charge in [-0.1, -0.05) is 6.07 Å². The molecule has 0 saturated carbocycles. The molecule has 4 nitrogen and oxygen atoms in total. The molecule has 1 aromatic carbocycles. The van der Waals surface area contributed by atoms with E-state index < -0.39 is 6.86 Å². The van der Waals surface area contributed by atoms with Crippen molar-refractivity contribution in [2.24, 2.45) is 0 Å². The van der Waals surface area contributed by atoms with Crippen LogP contribution in [0.25, 0.3) is 0 Å². The normalized spacial score (nSPS) is 20.0. The molecule has 0 aliphatic carbocycles. The Bertz CT molecular complexity index is 457. The molecule has 1 aromatic rings. The lowest BCUT2D eigenvalue weighted by Gasteiger charge is -2.28. The van der Waals surface area contributed by atoms with Crippen molar-refractivity contribution in [2.45, 2.75) is 19.4 Å². The molecule has 2 aliphatic heterocycles. The van der Waals surface area contributed by atoms with Gasteiger partial charge in [-0.25, -0.2) is 4.39 Å². The van der Waals surface area contributed by atoms with E-state index in [0.717, 1.165) is 57.1 Å². The zero-order chi connectivity index (χ0) is 14.5. The van der Waals surface area contributed by atoms with E-state index in [9.17, 15) is 4.39 Å². The summed E-state index contributed by atoms with van der Waals surface area (Å²) in [5.41, 5.74) is 2.23. The fraction of sp³-hybridized carbons (Fsp3) is 0.625. The van der Waals surface area contributed by atoms with Crippen molar-refractivity contribution in [2.75, 3.05) is 51.0 Å². The molecule has 0 unspecified atom stereocenters. The number of halogens is 1. The summed E-state index contributed by atoms with van der Waals surface area (Å²) in [4.78, 5) is 4.73. The van der Waals surface area contributed by atoms with Gasteiger partial charge >= 0.3 is 0 Å². The minimum atomic E-state index is -0.766. The summed E-state index contributed by atoms with van der Waals surface area (Å²) >= 11 is 0. The van der Waals surface area contributed by atoms with E-state index in [4.69, 9.17) is 4.74 Å². The average molecular weight is 293 g/mol. The topological polar surface area (TPSA) is 27.7 Å². The molecule has 0 spiro atoms. The molecule has 21 heavy (non-hydrogen) atoms. The molecule has 5 heteroatoms. The maximum atomic E-state index is 12.7. The monoisotopic (exact) mass is 293 g/mol. The van der Waals surface area contributed by atoms with Crippen molar-refractivity contribution in [1.82, 2.24) is 10.2 Å². The first kappa shape index (κ1) is 14.6. The third kappa shape index (κ3) is 3.66. The second-order valence-electron chi connectivity index (χ2n) is 5.77. The number of nitrogens with one attached hydrogen (secondary N) is 1. The van der Waals surface area contributed by atoms with Gasteiger partial charge in [-0.3, -0.25) is 4.90 Å². The number of ether oxygens (including phenoxy) is 1. The van der Waals surface area contributed by atoms with Crippen molar-refractivity contribution in [3.8, 4) is 5.75 Å². The van der Waals surface area contributed by atoms with E-state index in [1.807, 2.05) is 6.07 Å². The summed E-state index contributed by atoms with van der Waals surface area (Å²) in [5, 5.41) is 3.35. The SMILES string of the molecule is FCOc1cc(N2CCCC2)ccc1CN1CCNCC1. The van der Waals surface area contributed by atoms with Crippen LogP contribution in [-0.2, 0) is 6.54 Å². The summed E-state index contributed by atoms with van der Waals surface area (Å²) < 4.78 is 17.9. The van der Waals surface area contributed by atoms with Gasteiger partial charge in [-0.05, 0) is 18.9 Å². The Labute approximate surface area is 125 Å². The molecule has 2 heterocycles. The van der Waals surface area contributed by atoms with E-state index in [0.29, 0.717) is 5.75 Å². The van der Waals surface area contributed by atoms with Gasteiger partial charge in [0.25, 0.3) is 0 Å². The van der Waals surface area contributed by atoms with Crippen LogP contribution in [0.4, 0.5) is 10.1 Å². The summed E-state index contributed by atoms with van der Waals surface area (Å²) in [6, 6.07) is 6.25. The molecular weight excluding hydrogens is 269 g/mol. The first-order valence-corrected chi connectivity index (χ1v) is 7.86. The van der Waals surface area contributed by atoms with Crippen LogP contribution >= 0.6 is 0 Å². The summed E-state index contributed by atoms with van der Waals surface area (Å²) in [7, 11) is 0. The number of nitrogens with zero attached hydrogens (tertiary/aromatic N) is 2. The van der Waals surface area contributed by atoms with Crippen LogP contribution in [0.5, 0.6) is 5.75 Å².